The minimum atomic E-state index is 0.197. The molecule has 5 heteroatoms. The van der Waals surface area contributed by atoms with Crippen LogP contribution in [0.4, 0.5) is 0 Å². The Morgan fingerprint density at radius 3 is 2.83 bits per heavy atom. The number of aromatic nitrogens is 3. The topological polar surface area (TPSA) is 53.9 Å². The first-order valence-corrected chi connectivity index (χ1v) is 11.1. The fourth-order valence-electron chi connectivity index (χ4n) is 5.49. The Hall–Kier alpha value is -2.56. The van der Waals surface area contributed by atoms with Gasteiger partial charge in [-0.3, -0.25) is 4.79 Å². The zero-order chi connectivity index (χ0) is 19.8. The second kappa shape index (κ2) is 7.69. The van der Waals surface area contributed by atoms with E-state index in [-0.39, 0.29) is 11.9 Å². The van der Waals surface area contributed by atoms with E-state index >= 15 is 0 Å². The van der Waals surface area contributed by atoms with E-state index in [4.69, 9.17) is 0 Å². The zero-order valence-corrected chi connectivity index (χ0v) is 17.2. The summed E-state index contributed by atoms with van der Waals surface area (Å²) in [6.45, 7) is 3.53. The molecule has 1 fully saturated rings. The highest BCUT2D eigenvalue weighted by Gasteiger charge is 2.38. The highest BCUT2D eigenvalue weighted by Crippen LogP contribution is 2.43. The summed E-state index contributed by atoms with van der Waals surface area (Å²) in [5.41, 5.74) is 3.95. The van der Waals surface area contributed by atoms with Gasteiger partial charge in [-0.25, -0.2) is 4.98 Å². The fourth-order valence-corrected chi connectivity index (χ4v) is 5.49. The third-order valence-electron chi connectivity index (χ3n) is 6.99. The molecule has 0 spiro atoms. The Bertz CT molecular complexity index is 1010. The fraction of sp³-hybridized carbons (Fsp3) is 0.500. The molecule has 152 valence electrons. The first-order valence-electron chi connectivity index (χ1n) is 11.1. The molecule has 1 aromatic carbocycles. The monoisotopic (exact) mass is 390 g/mol. The Morgan fingerprint density at radius 1 is 1.21 bits per heavy atom. The maximum atomic E-state index is 13.4. The van der Waals surface area contributed by atoms with Gasteiger partial charge in [-0.2, -0.15) is 0 Å². The van der Waals surface area contributed by atoms with Gasteiger partial charge in [0.25, 0.3) is 0 Å². The molecule has 1 N–H and O–H groups in total. The van der Waals surface area contributed by atoms with Crippen molar-refractivity contribution in [2.24, 2.45) is 5.92 Å². The number of rotatable bonds is 4. The number of H-pyrrole nitrogens is 1. The summed E-state index contributed by atoms with van der Waals surface area (Å²) < 4.78 is 2.08. The summed E-state index contributed by atoms with van der Waals surface area (Å²) in [6.07, 6.45) is 11.6. The van der Waals surface area contributed by atoms with Crippen molar-refractivity contribution in [1.82, 2.24) is 19.4 Å². The van der Waals surface area contributed by atoms with Gasteiger partial charge < -0.3 is 14.5 Å². The van der Waals surface area contributed by atoms with Gasteiger partial charge in [0.1, 0.15) is 5.82 Å². The molecule has 1 aliphatic heterocycles. The van der Waals surface area contributed by atoms with Crippen LogP contribution in [0.1, 0.15) is 61.6 Å². The Balaban J connectivity index is 1.45. The molecular weight excluding hydrogens is 360 g/mol. The van der Waals surface area contributed by atoms with Gasteiger partial charge in [-0.05, 0) is 43.7 Å². The van der Waals surface area contributed by atoms with E-state index in [1.54, 1.807) is 0 Å². The van der Waals surface area contributed by atoms with Gasteiger partial charge in [-0.1, -0.05) is 37.5 Å². The molecule has 3 heterocycles. The third-order valence-corrected chi connectivity index (χ3v) is 6.99. The van der Waals surface area contributed by atoms with Gasteiger partial charge in [0.15, 0.2) is 0 Å². The lowest BCUT2D eigenvalue weighted by molar-refractivity contribution is -0.136. The van der Waals surface area contributed by atoms with Crippen molar-refractivity contribution in [1.29, 1.82) is 0 Å². The molecule has 5 nitrogen and oxygen atoms in total. The van der Waals surface area contributed by atoms with Gasteiger partial charge in [0.05, 0.1) is 6.04 Å². The van der Waals surface area contributed by atoms with Crippen LogP contribution in [-0.4, -0.2) is 31.9 Å². The number of hydrogen-bond acceptors (Lipinski definition) is 2. The van der Waals surface area contributed by atoms with Gasteiger partial charge in [-0.15, -0.1) is 0 Å². The number of aryl methyl sites for hydroxylation is 2. The van der Waals surface area contributed by atoms with E-state index in [2.05, 4.69) is 43.7 Å². The van der Waals surface area contributed by atoms with Crippen LogP contribution < -0.4 is 0 Å². The highest BCUT2D eigenvalue weighted by molar-refractivity contribution is 5.86. The highest BCUT2D eigenvalue weighted by atomic mass is 16.2. The number of carbonyl (C=O) groups excluding carboxylic acids is 1. The summed E-state index contributed by atoms with van der Waals surface area (Å²) in [4.78, 5) is 23.6. The van der Waals surface area contributed by atoms with Crippen LogP contribution in [0.25, 0.3) is 10.9 Å². The van der Waals surface area contributed by atoms with E-state index in [0.717, 1.165) is 18.8 Å². The standard InChI is InChI=1S/C24H30N4O/c1-17-25-13-16-27(17)14-12-22(29)28-15-11-20-19-9-5-6-10-21(19)26-23(20)24(28)18-7-3-2-4-8-18/h5-6,9-10,13,16,18,24,26H,2-4,7-8,11-12,14-15H2,1H3. The predicted octanol–water partition coefficient (Wildman–Crippen LogP) is 4.77. The smallest absolute Gasteiger partial charge is 0.224 e. The zero-order valence-electron chi connectivity index (χ0n) is 17.2. The molecular formula is C24H30N4O. The predicted molar refractivity (Wildman–Crippen MR) is 115 cm³/mol. The molecule has 5 rings (SSSR count). The Kier molecular flexibility index (Phi) is 4.90. The molecule has 1 saturated carbocycles. The van der Waals surface area contributed by atoms with Crippen LogP contribution in [0.5, 0.6) is 0 Å². The van der Waals surface area contributed by atoms with Crippen LogP contribution in [0.2, 0.25) is 0 Å². The van der Waals surface area contributed by atoms with Crippen LogP contribution in [0, 0.1) is 12.8 Å². The average molecular weight is 391 g/mol. The maximum Gasteiger partial charge on any atom is 0.224 e. The van der Waals surface area contributed by atoms with Crippen molar-refractivity contribution >= 4 is 16.8 Å². The quantitative estimate of drug-likeness (QED) is 0.698. The number of imidazole rings is 1. The SMILES string of the molecule is Cc1nccn1CCC(=O)N1CCc2c([nH]c3ccccc23)C1C1CCCCC1. The van der Waals surface area contributed by atoms with E-state index in [9.17, 15) is 4.79 Å². The second-order valence-electron chi connectivity index (χ2n) is 8.66. The lowest BCUT2D eigenvalue weighted by Crippen LogP contribution is -2.44. The van der Waals surface area contributed by atoms with Gasteiger partial charge >= 0.3 is 0 Å². The van der Waals surface area contributed by atoms with E-state index in [1.807, 2.05) is 19.3 Å². The normalized spacial score (nSPS) is 20.2. The summed E-state index contributed by atoms with van der Waals surface area (Å²) >= 11 is 0. The Labute approximate surface area is 172 Å². The van der Waals surface area contributed by atoms with Crippen LogP contribution in [0.3, 0.4) is 0 Å². The lowest BCUT2D eigenvalue weighted by Gasteiger charge is -2.42. The summed E-state index contributed by atoms with van der Waals surface area (Å²) in [5.74, 6) is 1.81. The Morgan fingerprint density at radius 2 is 2.03 bits per heavy atom. The molecule has 29 heavy (non-hydrogen) atoms. The third kappa shape index (κ3) is 3.37. The molecule has 0 saturated heterocycles. The maximum absolute atomic E-state index is 13.4. The molecule has 3 aromatic rings. The van der Waals surface area contributed by atoms with Crippen molar-refractivity contribution in [3.05, 3.63) is 53.7 Å². The minimum Gasteiger partial charge on any atom is -0.356 e. The molecule has 1 amide bonds. The number of hydrogen-bond donors (Lipinski definition) is 1. The number of nitrogens with zero attached hydrogens (tertiary/aromatic N) is 3. The lowest BCUT2D eigenvalue weighted by atomic mass is 9.79. The molecule has 2 aliphatic rings. The first-order chi connectivity index (χ1) is 14.2. The van der Waals surface area contributed by atoms with Gasteiger partial charge in [0, 0.05) is 48.5 Å². The van der Waals surface area contributed by atoms with Crippen molar-refractivity contribution < 1.29 is 4.79 Å². The van der Waals surface area contributed by atoms with E-state index in [1.165, 1.54) is 54.3 Å². The number of amides is 1. The van der Waals surface area contributed by atoms with Crippen molar-refractivity contribution in [3.8, 4) is 0 Å². The number of nitrogens with one attached hydrogen (secondary N) is 1. The molecule has 1 unspecified atom stereocenters. The minimum absolute atomic E-state index is 0.197. The molecule has 0 radical (unpaired) electrons. The summed E-state index contributed by atoms with van der Waals surface area (Å²) in [6, 6.07) is 8.80. The molecule has 0 bridgehead atoms. The molecule has 1 aliphatic carbocycles. The van der Waals surface area contributed by atoms with Crippen LogP contribution >= 0.6 is 0 Å². The first kappa shape index (κ1) is 18.5. The van der Waals surface area contributed by atoms with Crippen LogP contribution in [-0.2, 0) is 17.8 Å². The van der Waals surface area contributed by atoms with Crippen LogP contribution in [0.15, 0.2) is 36.7 Å². The number of aromatic amines is 1. The number of fused-ring (bicyclic) bond motifs is 3. The van der Waals surface area contributed by atoms with Gasteiger partial charge in [0.2, 0.25) is 5.91 Å². The molecule has 2 aromatic heterocycles. The van der Waals surface area contributed by atoms with Crippen molar-refractivity contribution in [2.45, 2.75) is 64.5 Å². The summed E-state index contributed by atoms with van der Waals surface area (Å²) in [7, 11) is 0. The summed E-state index contributed by atoms with van der Waals surface area (Å²) in [5, 5.41) is 1.34. The van der Waals surface area contributed by atoms with E-state index < -0.39 is 0 Å². The number of para-hydroxylation sites is 1. The number of carbonyl (C=O) groups is 1. The number of benzene rings is 1. The van der Waals surface area contributed by atoms with Crippen molar-refractivity contribution in [2.75, 3.05) is 6.54 Å². The average Bonchev–Trinajstić information content (AvgIpc) is 3.34. The van der Waals surface area contributed by atoms with E-state index in [0.29, 0.717) is 18.9 Å². The molecule has 1 atom stereocenters. The second-order valence-corrected chi connectivity index (χ2v) is 8.66. The van der Waals surface area contributed by atoms with Crippen molar-refractivity contribution in [3.63, 3.8) is 0 Å². The largest absolute Gasteiger partial charge is 0.356 e.